The van der Waals surface area contributed by atoms with Crippen molar-refractivity contribution >= 4 is 11.8 Å². The third-order valence-corrected chi connectivity index (χ3v) is 5.01. The zero-order valence-corrected chi connectivity index (χ0v) is 14.8. The quantitative estimate of drug-likeness (QED) is 0.639. The van der Waals surface area contributed by atoms with Crippen LogP contribution in [0.2, 0.25) is 0 Å². The van der Waals surface area contributed by atoms with Crippen molar-refractivity contribution in [2.45, 2.75) is 31.7 Å². The molecule has 2 aromatic carbocycles. The molecule has 2 atom stereocenters. The number of carbonyl (C=O) groups excluding carboxylic acids is 2. The molecule has 1 fully saturated rings. The van der Waals surface area contributed by atoms with Crippen LogP contribution in [0.5, 0.6) is 11.5 Å². The summed E-state index contributed by atoms with van der Waals surface area (Å²) < 4.78 is 5.79. The number of benzene rings is 2. The number of hydroxylamine groups is 1. The van der Waals surface area contributed by atoms with Gasteiger partial charge in [-0.3, -0.25) is 14.8 Å². The molecular weight excluding hydrogens is 332 g/mol. The summed E-state index contributed by atoms with van der Waals surface area (Å²) in [4.78, 5) is 26.0. The lowest BCUT2D eigenvalue weighted by molar-refractivity contribution is -0.143. The summed E-state index contributed by atoms with van der Waals surface area (Å²) in [5.74, 6) is 0.733. The Morgan fingerprint density at radius 1 is 1.15 bits per heavy atom. The van der Waals surface area contributed by atoms with Crippen molar-refractivity contribution in [3.63, 3.8) is 0 Å². The molecule has 1 saturated heterocycles. The Morgan fingerprint density at radius 2 is 1.77 bits per heavy atom. The van der Waals surface area contributed by atoms with Gasteiger partial charge in [0.05, 0.1) is 5.41 Å². The largest absolute Gasteiger partial charge is 0.457 e. The van der Waals surface area contributed by atoms with Crippen molar-refractivity contribution in [2.24, 2.45) is 0 Å². The molecule has 1 aliphatic rings. The molecule has 2 unspecified atom stereocenters. The molecule has 0 spiro atoms. The van der Waals surface area contributed by atoms with Gasteiger partial charge in [-0.05, 0) is 50.1 Å². The minimum Gasteiger partial charge on any atom is -0.457 e. The molecule has 0 aliphatic carbocycles. The van der Waals surface area contributed by atoms with Gasteiger partial charge in [0.2, 0.25) is 5.91 Å². The minimum absolute atomic E-state index is 0.120. The number of hydrogen-bond acceptors (Lipinski definition) is 4. The maximum atomic E-state index is 12.9. The van der Waals surface area contributed by atoms with Gasteiger partial charge in [0.25, 0.3) is 5.91 Å². The van der Waals surface area contributed by atoms with E-state index in [-0.39, 0.29) is 5.91 Å². The van der Waals surface area contributed by atoms with Crippen LogP contribution in [0.3, 0.4) is 0 Å². The molecule has 136 valence electrons. The van der Waals surface area contributed by atoms with Gasteiger partial charge in [0.1, 0.15) is 17.5 Å². The average Bonchev–Trinajstić information content (AvgIpc) is 2.98. The van der Waals surface area contributed by atoms with Crippen LogP contribution in [0.4, 0.5) is 0 Å². The van der Waals surface area contributed by atoms with Crippen LogP contribution in [-0.4, -0.2) is 34.5 Å². The van der Waals surface area contributed by atoms with E-state index in [0.717, 1.165) is 11.3 Å². The van der Waals surface area contributed by atoms with Crippen molar-refractivity contribution in [3.05, 3.63) is 60.2 Å². The van der Waals surface area contributed by atoms with Crippen molar-refractivity contribution in [1.82, 2.24) is 10.4 Å². The van der Waals surface area contributed by atoms with Gasteiger partial charge in [-0.15, -0.1) is 0 Å². The summed E-state index contributed by atoms with van der Waals surface area (Å²) in [7, 11) is 0. The normalized spacial score (nSPS) is 20.7. The number of ether oxygens (including phenoxy) is 1. The Hall–Kier alpha value is -2.86. The molecule has 2 N–H and O–H groups in total. The molecule has 1 heterocycles. The van der Waals surface area contributed by atoms with E-state index in [1.54, 1.807) is 12.4 Å². The number of carbonyl (C=O) groups is 2. The Kier molecular flexibility index (Phi) is 4.95. The van der Waals surface area contributed by atoms with Crippen LogP contribution >= 0.6 is 0 Å². The van der Waals surface area contributed by atoms with Crippen molar-refractivity contribution in [1.29, 1.82) is 0 Å². The predicted octanol–water partition coefficient (Wildman–Crippen LogP) is 2.86. The lowest BCUT2D eigenvalue weighted by atomic mass is 9.81. The third-order valence-electron chi connectivity index (χ3n) is 5.01. The van der Waals surface area contributed by atoms with Crippen LogP contribution in [0, 0.1) is 0 Å². The molecular formula is C20H22N2O4. The SMILES string of the molecule is CC(C(=O)NO)N1CCC(C)(c2ccc(Oc3ccccc3)cc2)C1=O. The van der Waals surface area contributed by atoms with Gasteiger partial charge < -0.3 is 9.64 Å². The first-order chi connectivity index (χ1) is 12.5. The number of hydrogen-bond donors (Lipinski definition) is 2. The molecule has 0 radical (unpaired) electrons. The highest BCUT2D eigenvalue weighted by molar-refractivity contribution is 5.94. The van der Waals surface area contributed by atoms with E-state index >= 15 is 0 Å². The van der Waals surface area contributed by atoms with Crippen molar-refractivity contribution < 1.29 is 19.5 Å². The number of nitrogens with one attached hydrogen (secondary N) is 1. The molecule has 6 nitrogen and oxygen atoms in total. The van der Waals surface area contributed by atoms with Crippen LogP contribution in [0.25, 0.3) is 0 Å². The molecule has 1 aliphatic heterocycles. The predicted molar refractivity (Wildman–Crippen MR) is 96.0 cm³/mol. The first-order valence-electron chi connectivity index (χ1n) is 8.54. The number of para-hydroxylation sites is 1. The van der Waals surface area contributed by atoms with Crippen molar-refractivity contribution in [2.75, 3.05) is 6.54 Å². The highest BCUT2D eigenvalue weighted by Crippen LogP contribution is 2.37. The number of likely N-dealkylation sites (tertiary alicyclic amines) is 1. The van der Waals surface area contributed by atoms with E-state index in [1.165, 1.54) is 4.90 Å². The Labute approximate surface area is 152 Å². The zero-order chi connectivity index (χ0) is 18.7. The fourth-order valence-electron chi connectivity index (χ4n) is 3.26. The van der Waals surface area contributed by atoms with E-state index < -0.39 is 17.4 Å². The maximum absolute atomic E-state index is 12.9. The number of nitrogens with zero attached hydrogens (tertiary/aromatic N) is 1. The monoisotopic (exact) mass is 354 g/mol. The first kappa shape index (κ1) is 17.9. The van der Waals surface area contributed by atoms with Gasteiger partial charge in [-0.2, -0.15) is 0 Å². The van der Waals surface area contributed by atoms with Gasteiger partial charge in [0, 0.05) is 6.54 Å². The maximum Gasteiger partial charge on any atom is 0.265 e. The van der Waals surface area contributed by atoms with Crippen LogP contribution in [-0.2, 0) is 15.0 Å². The number of amides is 2. The van der Waals surface area contributed by atoms with Crippen LogP contribution in [0.15, 0.2) is 54.6 Å². The molecule has 0 aromatic heterocycles. The molecule has 0 saturated carbocycles. The smallest absolute Gasteiger partial charge is 0.265 e. The van der Waals surface area contributed by atoms with Gasteiger partial charge in [-0.1, -0.05) is 30.3 Å². The van der Waals surface area contributed by atoms with E-state index in [1.807, 2.05) is 61.5 Å². The van der Waals surface area contributed by atoms with E-state index in [2.05, 4.69) is 0 Å². The van der Waals surface area contributed by atoms with Gasteiger partial charge >= 0.3 is 0 Å². The van der Waals surface area contributed by atoms with Crippen molar-refractivity contribution in [3.8, 4) is 11.5 Å². The second kappa shape index (κ2) is 7.17. The standard InChI is InChI=1S/C20H22N2O4/c1-14(18(23)21-25)22-13-12-20(2,19(22)24)15-8-10-17(11-9-15)26-16-6-4-3-5-7-16/h3-11,14,25H,12-13H2,1-2H3,(H,21,23). The second-order valence-electron chi connectivity index (χ2n) is 6.67. The first-order valence-corrected chi connectivity index (χ1v) is 8.54. The van der Waals surface area contributed by atoms with E-state index in [4.69, 9.17) is 9.94 Å². The molecule has 2 aromatic rings. The summed E-state index contributed by atoms with van der Waals surface area (Å²) in [6, 6.07) is 16.2. The summed E-state index contributed by atoms with van der Waals surface area (Å²) >= 11 is 0. The van der Waals surface area contributed by atoms with Gasteiger partial charge in [0.15, 0.2) is 0 Å². The summed E-state index contributed by atoms with van der Waals surface area (Å²) in [6.45, 7) is 3.95. The van der Waals surface area contributed by atoms with E-state index in [9.17, 15) is 9.59 Å². The zero-order valence-electron chi connectivity index (χ0n) is 14.8. The molecule has 3 rings (SSSR count). The summed E-state index contributed by atoms with van der Waals surface area (Å²) in [5, 5.41) is 8.80. The summed E-state index contributed by atoms with van der Waals surface area (Å²) in [6.07, 6.45) is 0.605. The fraction of sp³-hybridized carbons (Fsp3) is 0.300. The molecule has 2 amide bonds. The average molecular weight is 354 g/mol. The molecule has 0 bridgehead atoms. The topological polar surface area (TPSA) is 78.9 Å². The lowest BCUT2D eigenvalue weighted by Gasteiger charge is -2.27. The highest BCUT2D eigenvalue weighted by Gasteiger charge is 2.46. The fourth-order valence-corrected chi connectivity index (χ4v) is 3.26. The minimum atomic E-state index is -0.713. The van der Waals surface area contributed by atoms with Crippen LogP contribution < -0.4 is 10.2 Å². The number of rotatable bonds is 5. The second-order valence-corrected chi connectivity index (χ2v) is 6.67. The molecule has 6 heteroatoms. The Bertz CT molecular complexity index is 791. The third kappa shape index (κ3) is 3.28. The molecule has 26 heavy (non-hydrogen) atoms. The Morgan fingerprint density at radius 3 is 2.38 bits per heavy atom. The lowest BCUT2D eigenvalue weighted by Crippen LogP contribution is -2.47. The Balaban J connectivity index is 1.76. The highest BCUT2D eigenvalue weighted by atomic mass is 16.5. The van der Waals surface area contributed by atoms with Crippen LogP contribution in [0.1, 0.15) is 25.8 Å². The van der Waals surface area contributed by atoms with Gasteiger partial charge in [-0.25, -0.2) is 5.48 Å². The summed E-state index contributed by atoms with van der Waals surface area (Å²) in [5.41, 5.74) is 1.79. The van der Waals surface area contributed by atoms with E-state index in [0.29, 0.717) is 18.7 Å².